The highest BCUT2D eigenvalue weighted by atomic mass is 16.5. The first kappa shape index (κ1) is 17.9. The molecule has 27 heavy (non-hydrogen) atoms. The number of hydrogen-bond donors (Lipinski definition) is 2. The standard InChI is InChI=1S/C20H24N4O3/c25-20(23-17-5-4-15-13-27-14-16(15)11-17)22-12-19(18-3-1-2-6-21-18)24-7-9-26-10-8-24/h1-6,11,19H,7-10,12-14H2,(H2,22,23,25)/t19-/m1/s1. The molecular formula is C20H24N4O3. The first-order chi connectivity index (χ1) is 13.3. The highest BCUT2D eigenvalue weighted by Crippen LogP contribution is 2.23. The van der Waals surface area contributed by atoms with Crippen LogP contribution in [0.2, 0.25) is 0 Å². The summed E-state index contributed by atoms with van der Waals surface area (Å²) in [7, 11) is 0. The number of ether oxygens (including phenoxy) is 2. The first-order valence-electron chi connectivity index (χ1n) is 9.27. The highest BCUT2D eigenvalue weighted by Gasteiger charge is 2.24. The Morgan fingerprint density at radius 3 is 2.78 bits per heavy atom. The van der Waals surface area contributed by atoms with Crippen LogP contribution in [-0.2, 0) is 22.7 Å². The summed E-state index contributed by atoms with van der Waals surface area (Å²) in [5.74, 6) is 0. The van der Waals surface area contributed by atoms with Crippen LogP contribution in [0.25, 0.3) is 0 Å². The number of aromatic nitrogens is 1. The molecule has 7 nitrogen and oxygen atoms in total. The summed E-state index contributed by atoms with van der Waals surface area (Å²) < 4.78 is 10.9. The third-order valence-corrected chi connectivity index (χ3v) is 4.95. The molecule has 142 valence electrons. The van der Waals surface area contributed by atoms with Crippen molar-refractivity contribution in [3.05, 3.63) is 59.4 Å². The van der Waals surface area contributed by atoms with E-state index in [9.17, 15) is 4.79 Å². The zero-order valence-corrected chi connectivity index (χ0v) is 15.2. The van der Waals surface area contributed by atoms with Crippen LogP contribution >= 0.6 is 0 Å². The highest BCUT2D eigenvalue weighted by molar-refractivity contribution is 5.89. The number of urea groups is 1. The van der Waals surface area contributed by atoms with Crippen LogP contribution in [0.3, 0.4) is 0 Å². The van der Waals surface area contributed by atoms with E-state index in [1.54, 1.807) is 6.20 Å². The number of carbonyl (C=O) groups excluding carboxylic acids is 1. The molecule has 2 aliphatic heterocycles. The summed E-state index contributed by atoms with van der Waals surface area (Å²) in [5, 5.41) is 5.90. The van der Waals surface area contributed by atoms with Gasteiger partial charge in [-0.2, -0.15) is 0 Å². The second-order valence-corrected chi connectivity index (χ2v) is 6.73. The van der Waals surface area contributed by atoms with Crippen LogP contribution in [0.1, 0.15) is 22.9 Å². The molecule has 0 bridgehead atoms. The minimum Gasteiger partial charge on any atom is -0.379 e. The van der Waals surface area contributed by atoms with Gasteiger partial charge < -0.3 is 20.1 Å². The fourth-order valence-corrected chi connectivity index (χ4v) is 3.50. The van der Waals surface area contributed by atoms with Crippen molar-refractivity contribution in [3.63, 3.8) is 0 Å². The maximum Gasteiger partial charge on any atom is 0.319 e. The van der Waals surface area contributed by atoms with E-state index in [2.05, 4.69) is 20.5 Å². The average molecular weight is 368 g/mol. The molecule has 0 aliphatic carbocycles. The molecule has 0 spiro atoms. The Morgan fingerprint density at radius 1 is 1.11 bits per heavy atom. The Hall–Kier alpha value is -2.48. The molecule has 0 saturated carbocycles. The normalized spacial score (nSPS) is 17.9. The minimum absolute atomic E-state index is 0.0225. The van der Waals surface area contributed by atoms with E-state index in [-0.39, 0.29) is 12.1 Å². The number of rotatable bonds is 5. The van der Waals surface area contributed by atoms with Crippen molar-refractivity contribution in [1.29, 1.82) is 0 Å². The molecule has 2 amide bonds. The summed E-state index contributed by atoms with van der Waals surface area (Å²) >= 11 is 0. The van der Waals surface area contributed by atoms with E-state index in [1.165, 1.54) is 5.56 Å². The van der Waals surface area contributed by atoms with Gasteiger partial charge in [-0.15, -0.1) is 0 Å². The Kier molecular flexibility index (Phi) is 5.62. The van der Waals surface area contributed by atoms with Crippen molar-refractivity contribution >= 4 is 11.7 Å². The van der Waals surface area contributed by atoms with Crippen molar-refractivity contribution in [1.82, 2.24) is 15.2 Å². The van der Waals surface area contributed by atoms with E-state index >= 15 is 0 Å². The molecular weight excluding hydrogens is 344 g/mol. The number of nitrogens with one attached hydrogen (secondary N) is 2. The fourth-order valence-electron chi connectivity index (χ4n) is 3.50. The zero-order valence-electron chi connectivity index (χ0n) is 15.2. The topological polar surface area (TPSA) is 75.7 Å². The van der Waals surface area contributed by atoms with Crippen LogP contribution in [0.4, 0.5) is 10.5 Å². The first-order valence-corrected chi connectivity index (χ1v) is 9.27. The Labute approximate surface area is 158 Å². The molecule has 0 radical (unpaired) electrons. The third-order valence-electron chi connectivity index (χ3n) is 4.95. The van der Waals surface area contributed by atoms with Gasteiger partial charge in [0.15, 0.2) is 0 Å². The number of amides is 2. The molecule has 1 saturated heterocycles. The van der Waals surface area contributed by atoms with Crippen molar-refractivity contribution in [2.45, 2.75) is 19.3 Å². The van der Waals surface area contributed by atoms with Crippen molar-refractivity contribution < 1.29 is 14.3 Å². The maximum absolute atomic E-state index is 12.4. The van der Waals surface area contributed by atoms with E-state index in [0.717, 1.165) is 30.0 Å². The molecule has 1 fully saturated rings. The van der Waals surface area contributed by atoms with E-state index < -0.39 is 0 Å². The Balaban J connectivity index is 1.38. The monoisotopic (exact) mass is 368 g/mol. The number of morpholine rings is 1. The van der Waals surface area contributed by atoms with Crippen molar-refractivity contribution in [2.24, 2.45) is 0 Å². The van der Waals surface area contributed by atoms with Crippen LogP contribution < -0.4 is 10.6 Å². The van der Waals surface area contributed by atoms with Gasteiger partial charge in [0, 0.05) is 31.5 Å². The maximum atomic E-state index is 12.4. The number of pyridine rings is 1. The van der Waals surface area contributed by atoms with Crippen molar-refractivity contribution in [2.75, 3.05) is 38.2 Å². The molecule has 1 aromatic carbocycles. The molecule has 2 aliphatic rings. The van der Waals surface area contributed by atoms with Crippen LogP contribution in [0, 0.1) is 0 Å². The van der Waals surface area contributed by atoms with Gasteiger partial charge in [-0.25, -0.2) is 4.79 Å². The van der Waals surface area contributed by atoms with Gasteiger partial charge in [-0.1, -0.05) is 12.1 Å². The predicted molar refractivity (Wildman–Crippen MR) is 101 cm³/mol. The molecule has 0 unspecified atom stereocenters. The van der Waals surface area contributed by atoms with Gasteiger partial charge in [0.25, 0.3) is 0 Å². The number of anilines is 1. The second-order valence-electron chi connectivity index (χ2n) is 6.73. The number of benzene rings is 1. The molecule has 2 aromatic rings. The third kappa shape index (κ3) is 4.44. The molecule has 2 N–H and O–H groups in total. The lowest BCUT2D eigenvalue weighted by Gasteiger charge is -2.34. The van der Waals surface area contributed by atoms with Gasteiger partial charge in [-0.05, 0) is 35.4 Å². The predicted octanol–water partition coefficient (Wildman–Crippen LogP) is 2.31. The lowest BCUT2D eigenvalue weighted by molar-refractivity contribution is 0.0159. The van der Waals surface area contributed by atoms with Gasteiger partial charge in [0.2, 0.25) is 0 Å². The second kappa shape index (κ2) is 8.47. The number of carbonyl (C=O) groups is 1. The summed E-state index contributed by atoms with van der Waals surface area (Å²) in [4.78, 5) is 19.2. The van der Waals surface area contributed by atoms with Gasteiger partial charge in [0.05, 0.1) is 38.2 Å². The lowest BCUT2D eigenvalue weighted by Crippen LogP contribution is -2.44. The molecule has 3 heterocycles. The van der Waals surface area contributed by atoms with Crippen LogP contribution in [0.15, 0.2) is 42.6 Å². The van der Waals surface area contributed by atoms with E-state index in [1.807, 2.05) is 36.4 Å². The molecule has 1 aromatic heterocycles. The number of nitrogens with zero attached hydrogens (tertiary/aromatic N) is 2. The quantitative estimate of drug-likeness (QED) is 0.847. The summed E-state index contributed by atoms with van der Waals surface area (Å²) in [6, 6.07) is 11.6. The summed E-state index contributed by atoms with van der Waals surface area (Å²) in [5.41, 5.74) is 4.04. The molecule has 1 atom stereocenters. The van der Waals surface area contributed by atoms with E-state index in [4.69, 9.17) is 9.47 Å². The summed E-state index contributed by atoms with van der Waals surface area (Å²) in [6.45, 7) is 4.79. The number of fused-ring (bicyclic) bond motifs is 1. The van der Waals surface area contributed by atoms with Crippen LogP contribution in [0.5, 0.6) is 0 Å². The minimum atomic E-state index is -0.219. The average Bonchev–Trinajstić information content (AvgIpc) is 3.18. The summed E-state index contributed by atoms with van der Waals surface area (Å²) in [6.07, 6.45) is 1.79. The van der Waals surface area contributed by atoms with Gasteiger partial charge in [-0.3, -0.25) is 9.88 Å². The Bertz CT molecular complexity index is 778. The van der Waals surface area contributed by atoms with E-state index in [0.29, 0.717) is 33.0 Å². The van der Waals surface area contributed by atoms with Gasteiger partial charge >= 0.3 is 6.03 Å². The van der Waals surface area contributed by atoms with Gasteiger partial charge in [0.1, 0.15) is 0 Å². The smallest absolute Gasteiger partial charge is 0.319 e. The SMILES string of the molecule is O=C(NC[C@H](c1ccccn1)N1CCOCC1)Nc1ccc2c(c1)COC2. The largest absolute Gasteiger partial charge is 0.379 e. The zero-order chi connectivity index (χ0) is 18.5. The van der Waals surface area contributed by atoms with Crippen LogP contribution in [-0.4, -0.2) is 48.8 Å². The Morgan fingerprint density at radius 2 is 1.96 bits per heavy atom. The number of hydrogen-bond acceptors (Lipinski definition) is 5. The molecule has 7 heteroatoms. The van der Waals surface area contributed by atoms with Crippen molar-refractivity contribution in [3.8, 4) is 0 Å². The lowest BCUT2D eigenvalue weighted by atomic mass is 10.1. The molecule has 4 rings (SSSR count). The fraction of sp³-hybridized carbons (Fsp3) is 0.400.